The van der Waals surface area contributed by atoms with Crippen LogP contribution in [0.25, 0.3) is 12.2 Å². The van der Waals surface area contributed by atoms with Crippen molar-refractivity contribution in [3.05, 3.63) is 43.2 Å². The Kier molecular flexibility index (Phi) is 2.98. The number of rotatable bonds is 2. The number of halogens is 1. The molecule has 0 fully saturated rings. The Morgan fingerprint density at radius 3 is 2.54 bits per heavy atom. The molecule has 0 nitrogen and oxygen atoms in total. The highest BCUT2D eigenvalue weighted by atomic mass is 79.9. The van der Waals surface area contributed by atoms with Gasteiger partial charge in [0.2, 0.25) is 0 Å². The van der Waals surface area contributed by atoms with Crippen LogP contribution in [0.4, 0.5) is 0 Å². The Morgan fingerprint density at radius 1 is 1.08 bits per heavy atom. The molecule has 0 aliphatic heterocycles. The molecule has 0 aliphatic carbocycles. The van der Waals surface area contributed by atoms with E-state index < -0.39 is 0 Å². The van der Waals surface area contributed by atoms with Gasteiger partial charge in [-0.3, -0.25) is 0 Å². The average Bonchev–Trinajstić information content (AvgIpc) is 2.71. The summed E-state index contributed by atoms with van der Waals surface area (Å²) in [6, 6.07) is 8.36. The van der Waals surface area contributed by atoms with E-state index in [0.29, 0.717) is 0 Å². The summed E-state index contributed by atoms with van der Waals surface area (Å²) in [5, 5.41) is 2.09. The quantitative estimate of drug-likeness (QED) is 0.739. The summed E-state index contributed by atoms with van der Waals surface area (Å²) in [4.78, 5) is 2.57. The Balaban J connectivity index is 2.14. The second kappa shape index (κ2) is 4.22. The first-order valence-electron chi connectivity index (χ1n) is 3.81. The summed E-state index contributed by atoms with van der Waals surface area (Å²) in [6.07, 6.45) is 4.28. The van der Waals surface area contributed by atoms with E-state index in [1.807, 2.05) is 0 Å². The van der Waals surface area contributed by atoms with Crippen LogP contribution < -0.4 is 0 Å². The zero-order valence-corrected chi connectivity index (χ0v) is 9.95. The normalized spacial score (nSPS) is 11.2. The van der Waals surface area contributed by atoms with Gasteiger partial charge in [0.15, 0.2) is 0 Å². The van der Waals surface area contributed by atoms with Crippen molar-refractivity contribution >= 4 is 50.8 Å². The van der Waals surface area contributed by atoms with Crippen molar-refractivity contribution in [3.63, 3.8) is 0 Å². The van der Waals surface area contributed by atoms with Crippen LogP contribution in [0, 0.1) is 0 Å². The fourth-order valence-corrected chi connectivity index (χ4v) is 2.91. The minimum Gasteiger partial charge on any atom is -0.144 e. The van der Waals surface area contributed by atoms with Crippen LogP contribution in [0.1, 0.15) is 9.75 Å². The summed E-state index contributed by atoms with van der Waals surface area (Å²) < 4.78 is 1.18. The predicted molar refractivity (Wildman–Crippen MR) is 65.3 cm³/mol. The van der Waals surface area contributed by atoms with Crippen molar-refractivity contribution in [2.45, 2.75) is 0 Å². The second-order valence-corrected chi connectivity index (χ2v) is 5.96. The van der Waals surface area contributed by atoms with Crippen molar-refractivity contribution in [1.29, 1.82) is 0 Å². The van der Waals surface area contributed by atoms with Gasteiger partial charge in [-0.25, -0.2) is 0 Å². The number of hydrogen-bond acceptors (Lipinski definition) is 2. The van der Waals surface area contributed by atoms with E-state index in [-0.39, 0.29) is 0 Å². The Labute approximate surface area is 93.7 Å². The van der Waals surface area contributed by atoms with Gasteiger partial charge < -0.3 is 0 Å². The van der Waals surface area contributed by atoms with Gasteiger partial charge in [-0.2, -0.15) is 0 Å². The van der Waals surface area contributed by atoms with Crippen LogP contribution in [0.5, 0.6) is 0 Å². The minimum atomic E-state index is 1.18. The van der Waals surface area contributed by atoms with E-state index in [4.69, 9.17) is 0 Å². The maximum Gasteiger partial charge on any atom is 0.0704 e. The lowest BCUT2D eigenvalue weighted by Gasteiger charge is -1.82. The monoisotopic (exact) mass is 270 g/mol. The van der Waals surface area contributed by atoms with Gasteiger partial charge in [0.05, 0.1) is 3.79 Å². The van der Waals surface area contributed by atoms with Crippen molar-refractivity contribution < 1.29 is 0 Å². The molecule has 0 N–H and O–H groups in total. The van der Waals surface area contributed by atoms with Crippen molar-refractivity contribution in [3.8, 4) is 0 Å². The molecule has 66 valence electrons. The maximum absolute atomic E-state index is 3.44. The van der Waals surface area contributed by atoms with Crippen molar-refractivity contribution in [2.75, 3.05) is 0 Å². The SMILES string of the molecule is Brc1ccc(/C=C/c2cccs2)s1. The van der Waals surface area contributed by atoms with E-state index in [1.165, 1.54) is 13.5 Å². The third-order valence-corrected chi connectivity index (χ3v) is 3.98. The molecule has 0 saturated carbocycles. The van der Waals surface area contributed by atoms with Crippen LogP contribution in [-0.2, 0) is 0 Å². The molecule has 0 radical (unpaired) electrons. The van der Waals surface area contributed by atoms with Crippen LogP contribution >= 0.6 is 38.6 Å². The summed E-state index contributed by atoms with van der Waals surface area (Å²) in [7, 11) is 0. The molecule has 3 heteroatoms. The molecule has 13 heavy (non-hydrogen) atoms. The number of hydrogen-bond donors (Lipinski definition) is 0. The Bertz CT molecular complexity index is 398. The summed E-state index contributed by atoms with van der Waals surface area (Å²) in [6.45, 7) is 0. The third-order valence-electron chi connectivity index (χ3n) is 1.55. The van der Waals surface area contributed by atoms with E-state index >= 15 is 0 Å². The lowest BCUT2D eigenvalue weighted by atomic mass is 10.4. The molecule has 2 aromatic rings. The molecule has 0 unspecified atom stereocenters. The zero-order chi connectivity index (χ0) is 9.10. The fraction of sp³-hybridized carbons (Fsp3) is 0. The Hall–Kier alpha value is -0.380. The minimum absolute atomic E-state index is 1.18. The van der Waals surface area contributed by atoms with Gasteiger partial charge in [-0.1, -0.05) is 6.07 Å². The predicted octanol–water partition coefficient (Wildman–Crippen LogP) is 4.74. The molecule has 0 atom stereocenters. The molecular formula is C10H7BrS2. The summed E-state index contributed by atoms with van der Waals surface area (Å²) in [5.41, 5.74) is 0. The molecule has 2 rings (SSSR count). The van der Waals surface area contributed by atoms with Gasteiger partial charge >= 0.3 is 0 Å². The Morgan fingerprint density at radius 2 is 1.92 bits per heavy atom. The number of thiophene rings is 2. The molecule has 0 aliphatic rings. The molecule has 0 spiro atoms. The topological polar surface area (TPSA) is 0 Å². The first-order chi connectivity index (χ1) is 6.34. The molecule has 0 bridgehead atoms. The van der Waals surface area contributed by atoms with E-state index in [1.54, 1.807) is 22.7 Å². The largest absolute Gasteiger partial charge is 0.144 e. The van der Waals surface area contributed by atoms with Crippen LogP contribution in [0.2, 0.25) is 0 Å². The van der Waals surface area contributed by atoms with Gasteiger partial charge in [0, 0.05) is 9.75 Å². The van der Waals surface area contributed by atoms with E-state index in [2.05, 4.69) is 57.7 Å². The van der Waals surface area contributed by atoms with Crippen molar-refractivity contribution in [2.24, 2.45) is 0 Å². The van der Waals surface area contributed by atoms with Gasteiger partial charge in [-0.05, 0) is 51.7 Å². The first kappa shape index (κ1) is 9.19. The van der Waals surface area contributed by atoms with Gasteiger partial charge in [0.1, 0.15) is 0 Å². The fourth-order valence-electron chi connectivity index (χ4n) is 0.968. The van der Waals surface area contributed by atoms with Crippen molar-refractivity contribution in [1.82, 2.24) is 0 Å². The molecule has 0 aromatic carbocycles. The standard InChI is InChI=1S/C10H7BrS2/c11-10-6-5-9(13-10)4-3-8-2-1-7-12-8/h1-7H/b4-3+. The molecule has 2 heterocycles. The molecule has 2 aromatic heterocycles. The highest BCUT2D eigenvalue weighted by Gasteiger charge is 1.92. The first-order valence-corrected chi connectivity index (χ1v) is 6.30. The lowest BCUT2D eigenvalue weighted by Crippen LogP contribution is -1.56. The summed E-state index contributed by atoms with van der Waals surface area (Å²) >= 11 is 6.94. The molecule has 0 amide bonds. The average molecular weight is 271 g/mol. The van der Waals surface area contributed by atoms with Crippen LogP contribution in [0.3, 0.4) is 0 Å². The van der Waals surface area contributed by atoms with E-state index in [9.17, 15) is 0 Å². The van der Waals surface area contributed by atoms with Crippen LogP contribution in [0.15, 0.2) is 33.4 Å². The maximum atomic E-state index is 3.44. The second-order valence-electron chi connectivity index (χ2n) is 2.49. The van der Waals surface area contributed by atoms with E-state index in [0.717, 1.165) is 0 Å². The lowest BCUT2D eigenvalue weighted by molar-refractivity contribution is 1.92. The zero-order valence-electron chi connectivity index (χ0n) is 6.74. The third kappa shape index (κ3) is 2.53. The highest BCUT2D eigenvalue weighted by molar-refractivity contribution is 9.11. The smallest absolute Gasteiger partial charge is 0.0704 e. The highest BCUT2D eigenvalue weighted by Crippen LogP contribution is 2.24. The molecular weight excluding hydrogens is 264 g/mol. The van der Waals surface area contributed by atoms with Gasteiger partial charge in [0.25, 0.3) is 0 Å². The van der Waals surface area contributed by atoms with Crippen LogP contribution in [-0.4, -0.2) is 0 Å². The summed E-state index contributed by atoms with van der Waals surface area (Å²) in [5.74, 6) is 0. The molecule has 0 saturated heterocycles. The van der Waals surface area contributed by atoms with Gasteiger partial charge in [-0.15, -0.1) is 22.7 Å².